The van der Waals surface area contributed by atoms with Crippen LogP contribution in [0.3, 0.4) is 0 Å². The van der Waals surface area contributed by atoms with E-state index >= 15 is 0 Å². The smallest absolute Gasteiger partial charge is 0.253 e. The van der Waals surface area contributed by atoms with Gasteiger partial charge in [0.15, 0.2) is 0 Å². The Hall–Kier alpha value is -2.27. The Bertz CT molecular complexity index is 560. The second-order valence-corrected chi connectivity index (χ2v) is 4.12. The van der Waals surface area contributed by atoms with Crippen molar-refractivity contribution in [3.05, 3.63) is 65.7 Å². The monoisotopic (exact) mass is 259 g/mol. The molecule has 2 aromatic rings. The molecule has 0 bridgehead atoms. The second-order valence-electron chi connectivity index (χ2n) is 4.12. The van der Waals surface area contributed by atoms with Gasteiger partial charge in [-0.15, -0.1) is 0 Å². The molecule has 0 aliphatic heterocycles. The van der Waals surface area contributed by atoms with E-state index in [1.807, 2.05) is 30.3 Å². The summed E-state index contributed by atoms with van der Waals surface area (Å²) in [4.78, 5) is 15.4. The Labute approximate surface area is 110 Å². The van der Waals surface area contributed by atoms with Crippen molar-refractivity contribution in [1.82, 2.24) is 10.3 Å². The zero-order valence-corrected chi connectivity index (χ0v) is 10.2. The number of nitrogens with two attached hydrogens (primary N) is 1. The van der Waals surface area contributed by atoms with Crippen LogP contribution >= 0.6 is 0 Å². The maximum atomic E-state index is 12.9. The van der Waals surface area contributed by atoms with E-state index in [1.54, 1.807) is 0 Å². The number of amides is 1. The highest BCUT2D eigenvalue weighted by Gasteiger charge is 2.10. The number of carbonyl (C=O) groups excluding carboxylic acids is 1. The molecule has 4 nitrogen and oxygen atoms in total. The number of aromatic nitrogens is 1. The Morgan fingerprint density at radius 1 is 1.32 bits per heavy atom. The minimum atomic E-state index is -0.542. The van der Waals surface area contributed by atoms with Crippen LogP contribution in [-0.2, 0) is 0 Å². The van der Waals surface area contributed by atoms with Gasteiger partial charge in [0, 0.05) is 18.8 Å². The van der Waals surface area contributed by atoms with Gasteiger partial charge in [0.2, 0.25) is 0 Å². The molecule has 0 aliphatic carbocycles. The van der Waals surface area contributed by atoms with Crippen molar-refractivity contribution in [3.8, 4) is 0 Å². The minimum Gasteiger partial charge on any atom is -0.350 e. The molecule has 0 saturated carbocycles. The Kier molecular flexibility index (Phi) is 4.20. The molecular formula is C14H14FN3O. The standard InChI is InChI=1S/C14H14FN3O/c15-12-6-11(7-17-8-12)14(19)18-9-13(16)10-4-2-1-3-5-10/h1-8,13H,9,16H2,(H,18,19). The molecule has 1 unspecified atom stereocenters. The molecule has 1 heterocycles. The summed E-state index contributed by atoms with van der Waals surface area (Å²) in [6.07, 6.45) is 2.36. The van der Waals surface area contributed by atoms with Gasteiger partial charge in [-0.25, -0.2) is 4.39 Å². The van der Waals surface area contributed by atoms with E-state index in [0.29, 0.717) is 0 Å². The van der Waals surface area contributed by atoms with Crippen molar-refractivity contribution in [1.29, 1.82) is 0 Å². The molecule has 19 heavy (non-hydrogen) atoms. The lowest BCUT2D eigenvalue weighted by atomic mass is 10.1. The molecule has 0 radical (unpaired) electrons. The van der Waals surface area contributed by atoms with Crippen LogP contribution in [0.1, 0.15) is 22.0 Å². The van der Waals surface area contributed by atoms with Crippen molar-refractivity contribution < 1.29 is 9.18 Å². The van der Waals surface area contributed by atoms with Crippen LogP contribution in [0.25, 0.3) is 0 Å². The molecule has 0 spiro atoms. The van der Waals surface area contributed by atoms with Crippen LogP contribution < -0.4 is 11.1 Å². The number of pyridine rings is 1. The Balaban J connectivity index is 1.94. The maximum Gasteiger partial charge on any atom is 0.253 e. The first-order valence-corrected chi connectivity index (χ1v) is 5.86. The zero-order chi connectivity index (χ0) is 13.7. The lowest BCUT2D eigenvalue weighted by molar-refractivity contribution is 0.0950. The highest BCUT2D eigenvalue weighted by atomic mass is 19.1. The van der Waals surface area contributed by atoms with E-state index < -0.39 is 11.7 Å². The molecule has 1 amide bonds. The maximum absolute atomic E-state index is 12.9. The third kappa shape index (κ3) is 3.59. The third-order valence-corrected chi connectivity index (χ3v) is 2.68. The highest BCUT2D eigenvalue weighted by Crippen LogP contribution is 2.08. The lowest BCUT2D eigenvalue weighted by Crippen LogP contribution is -2.32. The van der Waals surface area contributed by atoms with Crippen LogP contribution in [0.5, 0.6) is 0 Å². The number of nitrogens with one attached hydrogen (secondary N) is 1. The molecule has 0 fully saturated rings. The largest absolute Gasteiger partial charge is 0.350 e. The van der Waals surface area contributed by atoms with Gasteiger partial charge in [0.05, 0.1) is 11.8 Å². The van der Waals surface area contributed by atoms with Gasteiger partial charge in [-0.1, -0.05) is 30.3 Å². The third-order valence-electron chi connectivity index (χ3n) is 2.68. The van der Waals surface area contributed by atoms with Gasteiger partial charge in [-0.2, -0.15) is 0 Å². The van der Waals surface area contributed by atoms with Gasteiger partial charge < -0.3 is 11.1 Å². The first-order valence-electron chi connectivity index (χ1n) is 5.86. The van der Waals surface area contributed by atoms with E-state index in [1.165, 1.54) is 6.20 Å². The summed E-state index contributed by atoms with van der Waals surface area (Å²) in [5, 5.41) is 2.65. The summed E-state index contributed by atoms with van der Waals surface area (Å²) in [6, 6.07) is 10.3. The van der Waals surface area contributed by atoms with Crippen LogP contribution in [0.2, 0.25) is 0 Å². The van der Waals surface area contributed by atoms with Crippen LogP contribution in [-0.4, -0.2) is 17.4 Å². The number of hydrogen-bond acceptors (Lipinski definition) is 3. The van der Waals surface area contributed by atoms with E-state index in [-0.39, 0.29) is 18.2 Å². The lowest BCUT2D eigenvalue weighted by Gasteiger charge is -2.13. The van der Waals surface area contributed by atoms with Gasteiger partial charge >= 0.3 is 0 Å². The highest BCUT2D eigenvalue weighted by molar-refractivity contribution is 5.93. The van der Waals surface area contributed by atoms with Crippen LogP contribution in [0, 0.1) is 5.82 Å². The van der Waals surface area contributed by atoms with Crippen molar-refractivity contribution in [2.45, 2.75) is 6.04 Å². The molecule has 1 aromatic heterocycles. The summed E-state index contributed by atoms with van der Waals surface area (Å²) in [5.74, 6) is -0.932. The van der Waals surface area contributed by atoms with Gasteiger partial charge in [0.25, 0.3) is 5.91 Å². The topological polar surface area (TPSA) is 68.0 Å². The average Bonchev–Trinajstić information content (AvgIpc) is 2.45. The average molecular weight is 259 g/mol. The number of rotatable bonds is 4. The quantitative estimate of drug-likeness (QED) is 0.877. The zero-order valence-electron chi connectivity index (χ0n) is 10.2. The molecule has 5 heteroatoms. The van der Waals surface area contributed by atoms with Crippen molar-refractivity contribution in [2.24, 2.45) is 5.73 Å². The van der Waals surface area contributed by atoms with E-state index in [9.17, 15) is 9.18 Å². The molecule has 3 N–H and O–H groups in total. The molecule has 0 aliphatic rings. The summed E-state index contributed by atoms with van der Waals surface area (Å²) in [5.41, 5.74) is 7.06. The summed E-state index contributed by atoms with van der Waals surface area (Å²) < 4.78 is 12.9. The number of nitrogens with zero attached hydrogens (tertiary/aromatic N) is 1. The molecule has 2 rings (SSSR count). The number of benzene rings is 1. The molecule has 1 aromatic carbocycles. The van der Waals surface area contributed by atoms with Gasteiger partial charge in [-0.3, -0.25) is 9.78 Å². The van der Waals surface area contributed by atoms with E-state index in [4.69, 9.17) is 5.73 Å². The molecular weight excluding hydrogens is 245 g/mol. The Morgan fingerprint density at radius 2 is 2.05 bits per heavy atom. The normalized spacial score (nSPS) is 11.9. The van der Waals surface area contributed by atoms with Gasteiger partial charge in [0.1, 0.15) is 5.82 Å². The summed E-state index contributed by atoms with van der Waals surface area (Å²) >= 11 is 0. The minimum absolute atomic E-state index is 0.181. The Morgan fingerprint density at radius 3 is 2.74 bits per heavy atom. The molecule has 98 valence electrons. The number of carbonyl (C=O) groups is 1. The predicted molar refractivity (Wildman–Crippen MR) is 69.9 cm³/mol. The fourth-order valence-electron chi connectivity index (χ4n) is 1.66. The van der Waals surface area contributed by atoms with Crippen LogP contribution in [0.15, 0.2) is 48.8 Å². The fourth-order valence-corrected chi connectivity index (χ4v) is 1.66. The first kappa shape index (κ1) is 13.2. The molecule has 0 saturated heterocycles. The SMILES string of the molecule is NC(CNC(=O)c1cncc(F)c1)c1ccccc1. The summed E-state index contributed by atoms with van der Waals surface area (Å²) in [7, 11) is 0. The van der Waals surface area contributed by atoms with E-state index in [2.05, 4.69) is 10.3 Å². The number of hydrogen-bond donors (Lipinski definition) is 2. The second kappa shape index (κ2) is 6.06. The molecule has 1 atom stereocenters. The van der Waals surface area contributed by atoms with Crippen molar-refractivity contribution in [2.75, 3.05) is 6.54 Å². The summed E-state index contributed by atoms with van der Waals surface area (Å²) in [6.45, 7) is 0.277. The fraction of sp³-hybridized carbons (Fsp3) is 0.143. The van der Waals surface area contributed by atoms with Crippen LogP contribution in [0.4, 0.5) is 4.39 Å². The van der Waals surface area contributed by atoms with Crippen molar-refractivity contribution in [3.63, 3.8) is 0 Å². The van der Waals surface area contributed by atoms with E-state index in [0.717, 1.165) is 17.8 Å². The van der Waals surface area contributed by atoms with Crippen molar-refractivity contribution >= 4 is 5.91 Å². The first-order chi connectivity index (χ1) is 9.16. The van der Waals surface area contributed by atoms with Gasteiger partial charge in [-0.05, 0) is 11.6 Å². The predicted octanol–water partition coefficient (Wildman–Crippen LogP) is 1.65. The number of halogens is 1.